The molecule has 0 spiro atoms. The van der Waals surface area contributed by atoms with Crippen molar-refractivity contribution in [3.63, 3.8) is 0 Å². The predicted molar refractivity (Wildman–Crippen MR) is 115 cm³/mol. The fourth-order valence-electron chi connectivity index (χ4n) is 3.17. The van der Waals surface area contributed by atoms with Crippen molar-refractivity contribution in [2.75, 3.05) is 19.5 Å². The van der Waals surface area contributed by atoms with Gasteiger partial charge in [0, 0.05) is 28.5 Å². The van der Waals surface area contributed by atoms with Gasteiger partial charge in [-0.2, -0.15) is 0 Å². The number of anilines is 1. The summed E-state index contributed by atoms with van der Waals surface area (Å²) in [5.41, 5.74) is 4.37. The van der Waals surface area contributed by atoms with Crippen LogP contribution in [-0.2, 0) is 11.2 Å². The first-order valence-electron chi connectivity index (χ1n) is 9.12. The van der Waals surface area contributed by atoms with Crippen LogP contribution >= 0.6 is 11.3 Å². The van der Waals surface area contributed by atoms with E-state index in [0.29, 0.717) is 0 Å². The number of carbonyl (C=O) groups excluding carboxylic acids is 1. The van der Waals surface area contributed by atoms with Gasteiger partial charge >= 0.3 is 0 Å². The maximum atomic E-state index is 12.6. The van der Waals surface area contributed by atoms with Crippen LogP contribution in [0.5, 0.6) is 11.5 Å². The van der Waals surface area contributed by atoms with Gasteiger partial charge in [-0.1, -0.05) is 18.2 Å². The lowest BCUT2D eigenvalue weighted by Crippen LogP contribution is -2.15. The molecule has 0 aliphatic carbocycles. The van der Waals surface area contributed by atoms with Crippen molar-refractivity contribution >= 4 is 27.9 Å². The number of hydrogen-bond acceptors (Lipinski definition) is 5. The lowest BCUT2D eigenvalue weighted by Gasteiger charge is -2.08. The van der Waals surface area contributed by atoms with Gasteiger partial charge in [-0.25, -0.2) is 4.98 Å². The fourth-order valence-corrected chi connectivity index (χ4v) is 4.05. The first kappa shape index (κ1) is 19.0. The van der Waals surface area contributed by atoms with Crippen LogP contribution in [0.25, 0.3) is 16.2 Å². The molecule has 4 rings (SSSR count). The molecule has 0 fully saturated rings. The van der Waals surface area contributed by atoms with Crippen molar-refractivity contribution < 1.29 is 14.3 Å². The van der Waals surface area contributed by atoms with Gasteiger partial charge < -0.3 is 14.8 Å². The number of amides is 1. The zero-order chi connectivity index (χ0) is 20.4. The van der Waals surface area contributed by atoms with E-state index in [1.165, 1.54) is 11.3 Å². The number of benzene rings is 2. The van der Waals surface area contributed by atoms with E-state index in [9.17, 15) is 4.79 Å². The van der Waals surface area contributed by atoms with Crippen molar-refractivity contribution in [3.8, 4) is 22.8 Å². The molecule has 0 saturated carbocycles. The molecule has 0 aliphatic rings. The third-order valence-electron chi connectivity index (χ3n) is 4.73. The van der Waals surface area contributed by atoms with Crippen molar-refractivity contribution in [3.05, 3.63) is 65.3 Å². The summed E-state index contributed by atoms with van der Waals surface area (Å²) >= 11 is 1.50. The highest BCUT2D eigenvalue weighted by Gasteiger charge is 2.16. The summed E-state index contributed by atoms with van der Waals surface area (Å²) in [6.07, 6.45) is 2.19. The van der Waals surface area contributed by atoms with Gasteiger partial charge in [0.1, 0.15) is 11.5 Å². The number of nitrogens with zero attached hydrogens (tertiary/aromatic N) is 2. The summed E-state index contributed by atoms with van der Waals surface area (Å²) < 4.78 is 12.8. The Morgan fingerprint density at radius 3 is 2.76 bits per heavy atom. The van der Waals surface area contributed by atoms with E-state index in [2.05, 4.69) is 5.32 Å². The lowest BCUT2D eigenvalue weighted by molar-refractivity contribution is -0.115. The second kappa shape index (κ2) is 7.97. The van der Waals surface area contributed by atoms with Gasteiger partial charge in [-0.3, -0.25) is 9.20 Å². The second-order valence-corrected chi connectivity index (χ2v) is 7.45. The number of nitrogens with one attached hydrogen (secondary N) is 1. The highest BCUT2D eigenvalue weighted by Crippen LogP contribution is 2.34. The maximum absolute atomic E-state index is 12.6. The van der Waals surface area contributed by atoms with Gasteiger partial charge in [0.25, 0.3) is 0 Å². The minimum Gasteiger partial charge on any atom is -0.497 e. The highest BCUT2D eigenvalue weighted by molar-refractivity contribution is 7.15. The van der Waals surface area contributed by atoms with E-state index in [1.807, 2.05) is 65.4 Å². The number of aromatic nitrogens is 2. The minimum absolute atomic E-state index is 0.0618. The summed E-state index contributed by atoms with van der Waals surface area (Å²) in [7, 11) is 3.26. The van der Waals surface area contributed by atoms with Gasteiger partial charge in [-0.15, -0.1) is 11.3 Å². The van der Waals surface area contributed by atoms with Crippen molar-refractivity contribution in [2.24, 2.45) is 0 Å². The van der Waals surface area contributed by atoms with E-state index < -0.39 is 0 Å². The Balaban J connectivity index is 1.61. The molecule has 148 valence electrons. The number of para-hydroxylation sites is 1. The Kier molecular flexibility index (Phi) is 5.22. The molecule has 4 aromatic rings. The molecule has 29 heavy (non-hydrogen) atoms. The number of imidazole rings is 1. The molecule has 0 radical (unpaired) electrons. The number of carbonyl (C=O) groups is 1. The molecule has 2 aromatic carbocycles. The van der Waals surface area contributed by atoms with Crippen LogP contribution in [0, 0.1) is 6.92 Å². The first-order chi connectivity index (χ1) is 14.1. The molecule has 0 saturated heterocycles. The smallest absolute Gasteiger partial charge is 0.230 e. The fraction of sp³-hybridized carbons (Fsp3) is 0.182. The zero-order valence-corrected chi connectivity index (χ0v) is 17.2. The van der Waals surface area contributed by atoms with Gasteiger partial charge in [0.15, 0.2) is 4.96 Å². The molecular weight excluding hydrogens is 386 g/mol. The number of methoxy groups -OCH3 is 2. The van der Waals surface area contributed by atoms with Crippen LogP contribution in [-0.4, -0.2) is 29.5 Å². The second-order valence-electron chi connectivity index (χ2n) is 6.61. The molecule has 6 nitrogen and oxygen atoms in total. The number of fused-ring (bicyclic) bond motifs is 1. The number of ether oxygens (including phenoxy) is 2. The van der Waals surface area contributed by atoms with Crippen molar-refractivity contribution in [1.82, 2.24) is 9.38 Å². The average Bonchev–Trinajstić information content (AvgIpc) is 3.31. The number of thiazole rings is 1. The molecule has 0 bridgehead atoms. The predicted octanol–water partition coefficient (Wildman–Crippen LogP) is 4.57. The van der Waals surface area contributed by atoms with Gasteiger partial charge in [-0.05, 0) is 36.8 Å². The van der Waals surface area contributed by atoms with Crippen molar-refractivity contribution in [2.45, 2.75) is 13.3 Å². The summed E-state index contributed by atoms with van der Waals surface area (Å²) in [4.78, 5) is 18.1. The van der Waals surface area contributed by atoms with Crippen LogP contribution in [0.15, 0.2) is 54.0 Å². The molecule has 7 heteroatoms. The first-order valence-corrected chi connectivity index (χ1v) is 10.0. The molecular formula is C22H21N3O3S. The number of hydrogen-bond donors (Lipinski definition) is 1. The van der Waals surface area contributed by atoms with Crippen LogP contribution in [0.3, 0.4) is 0 Å². The minimum atomic E-state index is -0.0618. The van der Waals surface area contributed by atoms with E-state index in [1.54, 1.807) is 14.2 Å². The Morgan fingerprint density at radius 1 is 1.17 bits per heavy atom. The van der Waals surface area contributed by atoms with E-state index >= 15 is 0 Å². The van der Waals surface area contributed by atoms with Gasteiger partial charge in [0.2, 0.25) is 5.91 Å². The van der Waals surface area contributed by atoms with E-state index in [-0.39, 0.29) is 12.3 Å². The SMILES string of the molecule is COc1ccc(OC)c(-c2cn3c(CC(=O)Nc4ccccc4C)csc3n2)c1. The summed E-state index contributed by atoms with van der Waals surface area (Å²) in [5, 5.41) is 4.95. The van der Waals surface area contributed by atoms with Crippen LogP contribution in [0.4, 0.5) is 5.69 Å². The Hall–Kier alpha value is -3.32. The quantitative estimate of drug-likeness (QED) is 0.509. The maximum Gasteiger partial charge on any atom is 0.230 e. The summed E-state index contributed by atoms with van der Waals surface area (Å²) in [6, 6.07) is 13.3. The monoisotopic (exact) mass is 407 g/mol. The standard InChI is InChI=1S/C22H21N3O3S/c1-14-6-4-5-7-18(14)23-21(26)10-15-13-29-22-24-19(12-25(15)22)17-11-16(27-2)8-9-20(17)28-3/h4-9,11-13H,10H2,1-3H3,(H,23,26). The summed E-state index contributed by atoms with van der Waals surface area (Å²) in [6.45, 7) is 1.97. The lowest BCUT2D eigenvalue weighted by atomic mass is 10.1. The van der Waals surface area contributed by atoms with E-state index in [4.69, 9.17) is 14.5 Å². The third kappa shape index (κ3) is 3.82. The highest BCUT2D eigenvalue weighted by atomic mass is 32.1. The van der Waals surface area contributed by atoms with Crippen LogP contribution in [0.1, 0.15) is 11.3 Å². The third-order valence-corrected chi connectivity index (χ3v) is 5.62. The largest absolute Gasteiger partial charge is 0.497 e. The molecule has 0 aliphatic heterocycles. The number of aryl methyl sites for hydroxylation is 1. The average molecular weight is 407 g/mol. The molecule has 1 amide bonds. The Morgan fingerprint density at radius 2 is 2.00 bits per heavy atom. The molecule has 0 atom stereocenters. The summed E-state index contributed by atoms with van der Waals surface area (Å²) in [5.74, 6) is 1.39. The topological polar surface area (TPSA) is 64.9 Å². The Bertz CT molecular complexity index is 1180. The molecule has 2 heterocycles. The molecule has 2 aromatic heterocycles. The zero-order valence-electron chi connectivity index (χ0n) is 16.4. The molecule has 1 N–H and O–H groups in total. The molecule has 0 unspecified atom stereocenters. The number of rotatable bonds is 6. The normalized spacial score (nSPS) is 10.9. The van der Waals surface area contributed by atoms with Crippen LogP contribution < -0.4 is 14.8 Å². The Labute approximate surface area is 172 Å². The van der Waals surface area contributed by atoms with Gasteiger partial charge in [0.05, 0.1) is 26.3 Å². The van der Waals surface area contributed by atoms with Crippen molar-refractivity contribution in [1.29, 1.82) is 0 Å². The van der Waals surface area contributed by atoms with Crippen LogP contribution in [0.2, 0.25) is 0 Å². The van der Waals surface area contributed by atoms with E-state index in [0.717, 1.165) is 44.7 Å².